The third-order valence-corrected chi connectivity index (χ3v) is 5.13. The molecule has 0 spiro atoms. The molecule has 16 heavy (non-hydrogen) atoms. The molecule has 96 valence electrons. The Balaban J connectivity index is 2.39. The molecule has 0 amide bonds. The molecule has 0 radical (unpaired) electrons. The van der Waals surface area contributed by atoms with Crippen molar-refractivity contribution in [2.75, 3.05) is 38.3 Å². The highest BCUT2D eigenvalue weighted by atomic mass is 32.2. The first-order valence-corrected chi connectivity index (χ1v) is 7.78. The lowest BCUT2D eigenvalue weighted by Crippen LogP contribution is -2.33. The van der Waals surface area contributed by atoms with E-state index in [4.69, 9.17) is 4.74 Å². The van der Waals surface area contributed by atoms with E-state index in [0.717, 1.165) is 39.0 Å². The van der Waals surface area contributed by atoms with Crippen molar-refractivity contribution >= 4 is 9.84 Å². The first-order chi connectivity index (χ1) is 7.54. The molecule has 1 aliphatic heterocycles. The molecular formula is C11H23NO3S. The molecule has 0 bridgehead atoms. The molecule has 1 saturated heterocycles. The Labute approximate surface area is 98.7 Å². The van der Waals surface area contributed by atoms with Crippen molar-refractivity contribution in [3.05, 3.63) is 0 Å². The van der Waals surface area contributed by atoms with E-state index in [1.54, 1.807) is 6.92 Å². The van der Waals surface area contributed by atoms with Gasteiger partial charge in [0, 0.05) is 24.3 Å². The number of hydrogen-bond donors (Lipinski definition) is 1. The summed E-state index contributed by atoms with van der Waals surface area (Å²) in [6, 6.07) is 0. The maximum absolute atomic E-state index is 11.4. The summed E-state index contributed by atoms with van der Waals surface area (Å²) in [5.41, 5.74) is 0.165. The number of hydrogen-bond acceptors (Lipinski definition) is 4. The van der Waals surface area contributed by atoms with E-state index in [9.17, 15) is 8.42 Å². The summed E-state index contributed by atoms with van der Waals surface area (Å²) >= 11 is 0. The van der Waals surface area contributed by atoms with Gasteiger partial charge in [-0.25, -0.2) is 8.42 Å². The van der Waals surface area contributed by atoms with Crippen LogP contribution in [0.15, 0.2) is 0 Å². The third kappa shape index (κ3) is 4.03. The van der Waals surface area contributed by atoms with Crippen molar-refractivity contribution in [1.82, 2.24) is 5.32 Å². The summed E-state index contributed by atoms with van der Waals surface area (Å²) in [5, 5.41) is 3.18. The van der Waals surface area contributed by atoms with E-state index in [2.05, 4.69) is 5.32 Å². The number of rotatable bonds is 7. The molecule has 4 nitrogen and oxygen atoms in total. The summed E-state index contributed by atoms with van der Waals surface area (Å²) in [6.07, 6.45) is 2.73. The average Bonchev–Trinajstić information content (AvgIpc) is 2.67. The Morgan fingerprint density at radius 3 is 2.69 bits per heavy atom. The Kier molecular flexibility index (Phi) is 5.21. The fourth-order valence-corrected chi connectivity index (χ4v) is 3.13. The van der Waals surface area contributed by atoms with Gasteiger partial charge >= 0.3 is 0 Å². The standard InChI is InChI=1S/C11H23NO3S/c1-3-16(13,14)8-4-5-11(9-12-2)6-7-15-10-11/h12H,3-10H2,1-2H3. The van der Waals surface area contributed by atoms with Gasteiger partial charge in [-0.1, -0.05) is 6.92 Å². The van der Waals surface area contributed by atoms with Crippen molar-refractivity contribution in [3.63, 3.8) is 0 Å². The smallest absolute Gasteiger partial charge is 0.150 e. The van der Waals surface area contributed by atoms with Gasteiger partial charge in [0.05, 0.1) is 12.4 Å². The molecule has 1 atom stereocenters. The molecule has 0 aromatic heterocycles. The molecule has 5 heteroatoms. The van der Waals surface area contributed by atoms with Gasteiger partial charge in [0.15, 0.2) is 0 Å². The predicted octanol–water partition coefficient (Wildman–Crippen LogP) is 0.827. The zero-order valence-electron chi connectivity index (χ0n) is 10.3. The van der Waals surface area contributed by atoms with E-state index < -0.39 is 9.84 Å². The molecule has 1 fully saturated rings. The van der Waals surface area contributed by atoms with Crippen LogP contribution >= 0.6 is 0 Å². The van der Waals surface area contributed by atoms with Crippen molar-refractivity contribution in [2.45, 2.75) is 26.2 Å². The molecular weight excluding hydrogens is 226 g/mol. The number of ether oxygens (including phenoxy) is 1. The SMILES string of the molecule is CCS(=O)(=O)CCCC1(CNC)CCOC1. The van der Waals surface area contributed by atoms with E-state index in [-0.39, 0.29) is 11.2 Å². The first-order valence-electron chi connectivity index (χ1n) is 5.96. The molecule has 1 rings (SSSR count). The molecule has 1 N–H and O–H groups in total. The second-order valence-electron chi connectivity index (χ2n) is 4.67. The second kappa shape index (κ2) is 5.98. The van der Waals surface area contributed by atoms with Gasteiger partial charge in [-0.05, 0) is 26.3 Å². The average molecular weight is 249 g/mol. The molecule has 0 aliphatic carbocycles. The summed E-state index contributed by atoms with van der Waals surface area (Å²) in [5.74, 6) is 0.567. The molecule has 0 aromatic rings. The molecule has 1 unspecified atom stereocenters. The minimum Gasteiger partial charge on any atom is -0.381 e. The summed E-state index contributed by atoms with van der Waals surface area (Å²) < 4.78 is 28.2. The minimum absolute atomic E-state index is 0.165. The molecule has 1 aliphatic rings. The maximum atomic E-state index is 11.4. The van der Waals surface area contributed by atoms with Gasteiger partial charge in [0.2, 0.25) is 0 Å². The van der Waals surface area contributed by atoms with Crippen LogP contribution in [0.5, 0.6) is 0 Å². The van der Waals surface area contributed by atoms with E-state index in [1.165, 1.54) is 0 Å². The van der Waals surface area contributed by atoms with Gasteiger partial charge in [-0.2, -0.15) is 0 Å². The fraction of sp³-hybridized carbons (Fsp3) is 1.00. The van der Waals surface area contributed by atoms with Gasteiger partial charge in [0.25, 0.3) is 0 Å². The van der Waals surface area contributed by atoms with Crippen molar-refractivity contribution < 1.29 is 13.2 Å². The van der Waals surface area contributed by atoms with Gasteiger partial charge < -0.3 is 10.1 Å². The third-order valence-electron chi connectivity index (χ3n) is 3.34. The minimum atomic E-state index is -2.81. The van der Waals surface area contributed by atoms with Crippen LogP contribution in [0.4, 0.5) is 0 Å². The van der Waals surface area contributed by atoms with Crippen LogP contribution in [0.2, 0.25) is 0 Å². The quantitative estimate of drug-likeness (QED) is 0.726. The lowest BCUT2D eigenvalue weighted by atomic mass is 9.83. The monoisotopic (exact) mass is 249 g/mol. The van der Waals surface area contributed by atoms with Crippen molar-refractivity contribution in [1.29, 1.82) is 0 Å². The summed E-state index contributed by atoms with van der Waals surface area (Å²) in [4.78, 5) is 0. The Morgan fingerprint density at radius 2 is 2.19 bits per heavy atom. The largest absolute Gasteiger partial charge is 0.381 e. The highest BCUT2D eigenvalue weighted by molar-refractivity contribution is 7.91. The summed E-state index contributed by atoms with van der Waals surface area (Å²) in [7, 11) is -0.881. The number of nitrogens with one attached hydrogen (secondary N) is 1. The Bertz CT molecular complexity index is 294. The molecule has 0 saturated carbocycles. The highest BCUT2D eigenvalue weighted by Gasteiger charge is 2.33. The highest BCUT2D eigenvalue weighted by Crippen LogP contribution is 2.33. The maximum Gasteiger partial charge on any atom is 0.150 e. The van der Waals surface area contributed by atoms with Crippen LogP contribution in [-0.2, 0) is 14.6 Å². The zero-order chi connectivity index (χ0) is 12.1. The van der Waals surface area contributed by atoms with Crippen LogP contribution in [0, 0.1) is 5.41 Å². The van der Waals surface area contributed by atoms with Crippen LogP contribution in [-0.4, -0.2) is 46.7 Å². The van der Waals surface area contributed by atoms with Gasteiger partial charge in [0.1, 0.15) is 9.84 Å². The predicted molar refractivity (Wildman–Crippen MR) is 65.4 cm³/mol. The molecule has 1 heterocycles. The topological polar surface area (TPSA) is 55.4 Å². The van der Waals surface area contributed by atoms with Crippen molar-refractivity contribution in [3.8, 4) is 0 Å². The van der Waals surface area contributed by atoms with Gasteiger partial charge in [-0.15, -0.1) is 0 Å². The van der Waals surface area contributed by atoms with E-state index >= 15 is 0 Å². The normalized spacial score (nSPS) is 26.1. The lowest BCUT2D eigenvalue weighted by Gasteiger charge is -2.26. The Morgan fingerprint density at radius 1 is 1.44 bits per heavy atom. The summed E-state index contributed by atoms with van der Waals surface area (Å²) in [6.45, 7) is 4.19. The van der Waals surface area contributed by atoms with E-state index in [1.807, 2.05) is 7.05 Å². The number of sulfone groups is 1. The van der Waals surface area contributed by atoms with Crippen LogP contribution < -0.4 is 5.32 Å². The van der Waals surface area contributed by atoms with E-state index in [0.29, 0.717) is 5.75 Å². The van der Waals surface area contributed by atoms with Crippen LogP contribution in [0.25, 0.3) is 0 Å². The zero-order valence-corrected chi connectivity index (χ0v) is 11.1. The van der Waals surface area contributed by atoms with Crippen LogP contribution in [0.1, 0.15) is 26.2 Å². The van der Waals surface area contributed by atoms with Crippen molar-refractivity contribution in [2.24, 2.45) is 5.41 Å². The van der Waals surface area contributed by atoms with Gasteiger partial charge in [-0.3, -0.25) is 0 Å². The first kappa shape index (κ1) is 13.9. The fourth-order valence-electron chi connectivity index (χ4n) is 2.26. The molecule has 0 aromatic carbocycles. The lowest BCUT2D eigenvalue weighted by molar-refractivity contribution is 0.145. The second-order valence-corrected chi connectivity index (χ2v) is 7.15. The Hall–Kier alpha value is -0.130. The van der Waals surface area contributed by atoms with Crippen LogP contribution in [0.3, 0.4) is 0 Å².